The highest BCUT2D eigenvalue weighted by molar-refractivity contribution is 7.22. The molecule has 1 saturated heterocycles. The Labute approximate surface area is 258 Å². The number of carboxylic acid groups (broad SMARTS) is 1. The fourth-order valence-corrected chi connectivity index (χ4v) is 6.30. The van der Waals surface area contributed by atoms with E-state index in [0.29, 0.717) is 38.2 Å². The van der Waals surface area contributed by atoms with E-state index < -0.39 is 11.6 Å². The number of hydrogen-bond donors (Lipinski definition) is 2. The number of likely N-dealkylation sites (tertiary alicyclic amines) is 1. The van der Waals surface area contributed by atoms with Crippen molar-refractivity contribution in [3.8, 4) is 16.2 Å². The predicted octanol–water partition coefficient (Wildman–Crippen LogP) is 6.27. The summed E-state index contributed by atoms with van der Waals surface area (Å²) in [5.74, 6) is -0.245. The van der Waals surface area contributed by atoms with Crippen LogP contribution in [0.5, 0.6) is 5.75 Å². The van der Waals surface area contributed by atoms with Gasteiger partial charge in [-0.2, -0.15) is 5.10 Å². The molecule has 0 saturated carbocycles. The number of piperidine rings is 1. The third kappa shape index (κ3) is 6.16. The van der Waals surface area contributed by atoms with Gasteiger partial charge >= 0.3 is 12.1 Å². The van der Waals surface area contributed by atoms with Crippen LogP contribution in [-0.4, -0.2) is 73.7 Å². The van der Waals surface area contributed by atoms with Crippen LogP contribution in [0.2, 0.25) is 0 Å². The highest BCUT2D eigenvalue weighted by Crippen LogP contribution is 2.38. The van der Waals surface area contributed by atoms with E-state index in [1.807, 2.05) is 68.0 Å². The number of benzene rings is 1. The van der Waals surface area contributed by atoms with Gasteiger partial charge in [0.15, 0.2) is 5.65 Å². The number of nitrogens with one attached hydrogen (secondary N) is 1. The van der Waals surface area contributed by atoms with Crippen molar-refractivity contribution in [2.45, 2.75) is 51.8 Å². The monoisotopic (exact) mass is 614 g/mol. The Morgan fingerprint density at radius 3 is 2.50 bits per heavy atom. The molecule has 2 N–H and O–H groups in total. The van der Waals surface area contributed by atoms with Crippen LogP contribution in [0.15, 0.2) is 55.0 Å². The lowest BCUT2D eigenvalue weighted by molar-refractivity contribution is 0.0210. The zero-order valence-corrected chi connectivity index (χ0v) is 25.9. The molecule has 1 amide bonds. The molecule has 228 valence electrons. The fourth-order valence-electron chi connectivity index (χ4n) is 5.31. The Morgan fingerprint density at radius 1 is 1.07 bits per heavy atom. The molecule has 0 aliphatic carbocycles. The number of pyridine rings is 2. The molecule has 5 heterocycles. The van der Waals surface area contributed by atoms with Crippen molar-refractivity contribution in [2.24, 2.45) is 0 Å². The van der Waals surface area contributed by atoms with Crippen LogP contribution in [0.3, 0.4) is 0 Å². The number of aromatic nitrogens is 4. The highest BCUT2D eigenvalue weighted by Gasteiger charge is 2.28. The van der Waals surface area contributed by atoms with Crippen molar-refractivity contribution in [1.82, 2.24) is 24.6 Å². The Kier molecular flexibility index (Phi) is 7.85. The number of nitrogens with zero attached hydrogens (tertiary/aromatic N) is 5. The number of rotatable bonds is 7. The van der Waals surface area contributed by atoms with E-state index in [1.54, 1.807) is 18.2 Å². The van der Waals surface area contributed by atoms with Gasteiger partial charge < -0.3 is 24.8 Å². The molecule has 11 nitrogen and oxygen atoms in total. The summed E-state index contributed by atoms with van der Waals surface area (Å²) < 4.78 is 12.6. The van der Waals surface area contributed by atoms with Gasteiger partial charge in [0.05, 0.1) is 25.5 Å². The van der Waals surface area contributed by atoms with Crippen molar-refractivity contribution < 1.29 is 24.2 Å². The van der Waals surface area contributed by atoms with Crippen LogP contribution in [0.25, 0.3) is 31.7 Å². The van der Waals surface area contributed by atoms with Gasteiger partial charge in [-0.1, -0.05) is 12.1 Å². The Bertz CT molecular complexity index is 1830. The minimum Gasteiger partial charge on any atom is -0.497 e. The molecule has 5 aromatic rings. The molecular formula is C32H34N6O5S. The van der Waals surface area contributed by atoms with Crippen LogP contribution in [0.1, 0.15) is 49.5 Å². The summed E-state index contributed by atoms with van der Waals surface area (Å²) in [7, 11) is 1.64. The van der Waals surface area contributed by atoms with Gasteiger partial charge in [0.25, 0.3) is 0 Å². The summed E-state index contributed by atoms with van der Waals surface area (Å²) >= 11 is 1.49. The summed E-state index contributed by atoms with van der Waals surface area (Å²) in [6.07, 6.45) is 6.04. The molecule has 1 fully saturated rings. The Morgan fingerprint density at radius 2 is 1.82 bits per heavy atom. The smallest absolute Gasteiger partial charge is 0.410 e. The van der Waals surface area contributed by atoms with Crippen LogP contribution < -0.4 is 10.1 Å². The number of carbonyl (C=O) groups excluding carboxylic acids is 1. The number of carbonyl (C=O) groups is 2. The zero-order chi connectivity index (χ0) is 31.0. The molecule has 44 heavy (non-hydrogen) atoms. The van der Waals surface area contributed by atoms with Gasteiger partial charge in [0, 0.05) is 52.7 Å². The number of carboxylic acids is 1. The molecule has 0 radical (unpaired) electrons. The minimum atomic E-state index is -1.05. The first kappa shape index (κ1) is 29.4. The number of aromatic carboxylic acids is 1. The van der Waals surface area contributed by atoms with E-state index in [-0.39, 0.29) is 17.7 Å². The molecule has 1 aliphatic heterocycles. The quantitative estimate of drug-likeness (QED) is 0.218. The summed E-state index contributed by atoms with van der Waals surface area (Å²) in [4.78, 5) is 37.3. The first-order valence-corrected chi connectivity index (χ1v) is 15.2. The van der Waals surface area contributed by atoms with Crippen LogP contribution >= 0.6 is 11.3 Å². The first-order chi connectivity index (χ1) is 21.1. The Hall–Kier alpha value is -4.71. The van der Waals surface area contributed by atoms with Gasteiger partial charge in [-0.05, 0) is 63.4 Å². The van der Waals surface area contributed by atoms with Gasteiger partial charge in [-0.25, -0.2) is 24.2 Å². The maximum absolute atomic E-state index is 12.5. The SMILES string of the molecule is COc1ccc(Cn2ncc3cc(-c4cc5c(NC6CCN(C(=O)OC(C)(C)C)CC6)c(C(=O)O)cnc5s4)cnc32)cc1. The van der Waals surface area contributed by atoms with E-state index in [2.05, 4.69) is 15.4 Å². The van der Waals surface area contributed by atoms with Crippen LogP contribution in [0, 0.1) is 0 Å². The van der Waals surface area contributed by atoms with Gasteiger partial charge in [0.1, 0.15) is 21.7 Å². The Balaban J connectivity index is 1.23. The molecule has 1 aromatic carbocycles. The van der Waals surface area contributed by atoms with E-state index >= 15 is 0 Å². The van der Waals surface area contributed by atoms with Crippen LogP contribution in [-0.2, 0) is 11.3 Å². The van der Waals surface area contributed by atoms with E-state index in [9.17, 15) is 14.7 Å². The maximum Gasteiger partial charge on any atom is 0.410 e. The summed E-state index contributed by atoms with van der Waals surface area (Å²) in [6, 6.07) is 11.9. The molecule has 1 aliphatic rings. The number of methoxy groups -OCH3 is 1. The lowest BCUT2D eigenvalue weighted by Crippen LogP contribution is -2.44. The summed E-state index contributed by atoms with van der Waals surface area (Å²) in [5, 5.41) is 19.7. The van der Waals surface area contributed by atoms with Gasteiger partial charge in [-0.15, -0.1) is 11.3 Å². The number of fused-ring (bicyclic) bond motifs is 2. The lowest BCUT2D eigenvalue weighted by Gasteiger charge is -2.34. The molecule has 0 spiro atoms. The molecule has 4 aromatic heterocycles. The highest BCUT2D eigenvalue weighted by atomic mass is 32.1. The molecule has 0 unspecified atom stereocenters. The van der Waals surface area contributed by atoms with E-state index in [1.165, 1.54) is 17.5 Å². The first-order valence-electron chi connectivity index (χ1n) is 14.4. The molecule has 12 heteroatoms. The van der Waals surface area contributed by atoms with E-state index in [0.717, 1.165) is 43.0 Å². The van der Waals surface area contributed by atoms with Crippen molar-refractivity contribution in [2.75, 3.05) is 25.5 Å². The number of hydrogen-bond acceptors (Lipinski definition) is 9. The fraction of sp³-hybridized carbons (Fsp3) is 0.344. The van der Waals surface area contributed by atoms with Crippen molar-refractivity contribution in [3.63, 3.8) is 0 Å². The summed E-state index contributed by atoms with van der Waals surface area (Å²) in [5.41, 5.74) is 2.86. The molecular weight excluding hydrogens is 580 g/mol. The van der Waals surface area contributed by atoms with E-state index in [4.69, 9.17) is 14.5 Å². The third-order valence-electron chi connectivity index (χ3n) is 7.54. The maximum atomic E-state index is 12.5. The second-order valence-corrected chi connectivity index (χ2v) is 12.9. The average molecular weight is 615 g/mol. The standard InChI is InChI=1S/C32H34N6O5S/c1-32(2,3)43-31(41)37-11-9-22(10-12-37)36-27-24-14-26(44-29(24)34-17-25(27)30(39)40)20-13-21-16-35-38(28(21)33-15-20)18-19-5-7-23(42-4)8-6-19/h5-8,13-17,22H,9-12,18H2,1-4H3,(H,34,36)(H,39,40). The largest absolute Gasteiger partial charge is 0.497 e. The van der Waals surface area contributed by atoms with Crippen LogP contribution in [0.4, 0.5) is 10.5 Å². The molecule has 6 rings (SSSR count). The average Bonchev–Trinajstić information content (AvgIpc) is 3.61. The predicted molar refractivity (Wildman–Crippen MR) is 170 cm³/mol. The number of ether oxygens (including phenoxy) is 2. The normalized spacial score (nSPS) is 14.2. The van der Waals surface area contributed by atoms with Gasteiger partial charge in [-0.3, -0.25) is 0 Å². The topological polar surface area (TPSA) is 132 Å². The number of anilines is 1. The van der Waals surface area contributed by atoms with Crippen molar-refractivity contribution >= 4 is 50.3 Å². The van der Waals surface area contributed by atoms with Crippen molar-refractivity contribution in [1.29, 1.82) is 0 Å². The minimum absolute atomic E-state index is 0.00436. The second kappa shape index (κ2) is 11.8. The third-order valence-corrected chi connectivity index (χ3v) is 8.63. The number of amides is 1. The molecule has 0 atom stereocenters. The van der Waals surface area contributed by atoms with Gasteiger partial charge in [0.2, 0.25) is 0 Å². The zero-order valence-electron chi connectivity index (χ0n) is 25.0. The lowest BCUT2D eigenvalue weighted by atomic mass is 10.0. The summed E-state index contributed by atoms with van der Waals surface area (Å²) in [6.45, 7) is 7.17. The number of thiophene rings is 1. The van der Waals surface area contributed by atoms with Crippen molar-refractivity contribution in [3.05, 3.63) is 66.1 Å². The molecule has 0 bridgehead atoms. The second-order valence-electron chi connectivity index (χ2n) is 11.9.